The van der Waals surface area contributed by atoms with Gasteiger partial charge in [-0.2, -0.15) is 0 Å². The molecule has 0 aliphatic heterocycles. The molecule has 0 spiro atoms. The van der Waals surface area contributed by atoms with Gasteiger partial charge in [0.25, 0.3) is 0 Å². The maximum atomic E-state index is 5.61. The smallest absolute Gasteiger partial charge is 0.237 e. The second kappa shape index (κ2) is 3.82. The van der Waals surface area contributed by atoms with Crippen molar-refractivity contribution in [2.24, 2.45) is 0 Å². The third-order valence-electron chi connectivity index (χ3n) is 1.50. The van der Waals surface area contributed by atoms with Crippen LogP contribution in [0.15, 0.2) is 26.6 Å². The minimum absolute atomic E-state index is 0.381. The van der Waals surface area contributed by atoms with Gasteiger partial charge in [0.05, 0.1) is 11.6 Å². The predicted molar refractivity (Wildman–Crippen MR) is 57.1 cm³/mol. The summed E-state index contributed by atoms with van der Waals surface area (Å²) in [5.74, 6) is 1.00. The largest absolute Gasteiger partial charge is 0.443 e. The molecule has 2 rings (SSSR count). The number of rotatable bonds is 2. The lowest BCUT2D eigenvalue weighted by atomic mass is 10.5. The van der Waals surface area contributed by atoms with Gasteiger partial charge in [-0.25, -0.2) is 4.98 Å². The molecular weight excluding hydrogens is 274 g/mol. The van der Waals surface area contributed by atoms with Gasteiger partial charge in [-0.1, -0.05) is 0 Å². The summed E-state index contributed by atoms with van der Waals surface area (Å²) >= 11 is 10.6. The molecule has 5 heteroatoms. The molecule has 2 heterocycles. The summed E-state index contributed by atoms with van der Waals surface area (Å²) in [6.45, 7) is 0. The summed E-state index contributed by atoms with van der Waals surface area (Å²) in [5, 5.41) is 1.98. The summed E-state index contributed by atoms with van der Waals surface area (Å²) in [6.07, 6.45) is 1.58. The molecule has 2 aromatic rings. The fourth-order valence-corrected chi connectivity index (χ4v) is 2.51. The topological polar surface area (TPSA) is 26.0 Å². The number of nitrogens with zero attached hydrogens (tertiary/aromatic N) is 1. The SMILES string of the molecule is ClCc1coc(-c2sccc2Br)n1. The summed E-state index contributed by atoms with van der Waals surface area (Å²) in [4.78, 5) is 5.21. The van der Waals surface area contributed by atoms with E-state index in [2.05, 4.69) is 20.9 Å². The van der Waals surface area contributed by atoms with Gasteiger partial charge in [0.15, 0.2) is 0 Å². The minimum Gasteiger partial charge on any atom is -0.443 e. The molecule has 0 unspecified atom stereocenters. The number of aromatic nitrogens is 1. The number of hydrogen-bond acceptors (Lipinski definition) is 3. The van der Waals surface area contributed by atoms with Crippen molar-refractivity contribution in [3.63, 3.8) is 0 Å². The second-order valence-electron chi connectivity index (χ2n) is 2.38. The van der Waals surface area contributed by atoms with Crippen LogP contribution >= 0.6 is 38.9 Å². The molecule has 2 aromatic heterocycles. The molecule has 0 saturated heterocycles. The molecule has 0 N–H and O–H groups in total. The van der Waals surface area contributed by atoms with Crippen molar-refractivity contribution >= 4 is 38.9 Å². The van der Waals surface area contributed by atoms with E-state index < -0.39 is 0 Å². The molecule has 0 saturated carbocycles. The molecule has 0 fully saturated rings. The number of thiophene rings is 1. The average molecular weight is 279 g/mol. The number of alkyl halides is 1. The van der Waals surface area contributed by atoms with Crippen molar-refractivity contribution in [1.82, 2.24) is 4.98 Å². The second-order valence-corrected chi connectivity index (χ2v) is 4.41. The lowest BCUT2D eigenvalue weighted by Gasteiger charge is -1.88. The van der Waals surface area contributed by atoms with Crippen LogP contribution in [0, 0.1) is 0 Å². The molecule has 0 aromatic carbocycles. The predicted octanol–water partition coefficient (Wildman–Crippen LogP) is 3.90. The van der Waals surface area contributed by atoms with E-state index in [0.717, 1.165) is 15.0 Å². The standard InChI is InChI=1S/C8H5BrClNOS/c9-6-1-2-13-7(6)8-11-5(3-10)4-12-8/h1-2,4H,3H2. The van der Waals surface area contributed by atoms with Gasteiger partial charge < -0.3 is 4.42 Å². The maximum Gasteiger partial charge on any atom is 0.237 e. The first-order valence-electron chi connectivity index (χ1n) is 3.55. The fraction of sp³-hybridized carbons (Fsp3) is 0.125. The lowest BCUT2D eigenvalue weighted by Crippen LogP contribution is -1.76. The third kappa shape index (κ3) is 1.80. The van der Waals surface area contributed by atoms with Crippen LogP contribution in [0.2, 0.25) is 0 Å². The van der Waals surface area contributed by atoms with Crippen molar-refractivity contribution in [3.05, 3.63) is 27.9 Å². The van der Waals surface area contributed by atoms with Gasteiger partial charge in [-0.15, -0.1) is 22.9 Å². The van der Waals surface area contributed by atoms with E-state index in [1.165, 1.54) is 0 Å². The molecule has 0 atom stereocenters. The summed E-state index contributed by atoms with van der Waals surface area (Å²) < 4.78 is 6.27. The highest BCUT2D eigenvalue weighted by Gasteiger charge is 2.10. The Morgan fingerprint density at radius 3 is 3.00 bits per heavy atom. The number of halogens is 2. The molecule has 0 aliphatic rings. The van der Waals surface area contributed by atoms with E-state index in [9.17, 15) is 0 Å². The monoisotopic (exact) mass is 277 g/mol. The molecule has 2 nitrogen and oxygen atoms in total. The Bertz CT molecular complexity index is 412. The summed E-state index contributed by atoms with van der Waals surface area (Å²) in [5.41, 5.74) is 0.761. The number of hydrogen-bond donors (Lipinski definition) is 0. The van der Waals surface area contributed by atoms with Crippen molar-refractivity contribution in [2.45, 2.75) is 5.88 Å². The first-order valence-corrected chi connectivity index (χ1v) is 5.75. The fourth-order valence-electron chi connectivity index (χ4n) is 0.919. The zero-order chi connectivity index (χ0) is 9.26. The normalized spacial score (nSPS) is 10.6. The molecular formula is C8H5BrClNOS. The summed E-state index contributed by atoms with van der Waals surface area (Å²) in [6, 6.07) is 1.96. The van der Waals surface area contributed by atoms with Crippen molar-refractivity contribution < 1.29 is 4.42 Å². The first-order chi connectivity index (χ1) is 6.31. The summed E-state index contributed by atoms with van der Waals surface area (Å²) in [7, 11) is 0. The lowest BCUT2D eigenvalue weighted by molar-refractivity contribution is 0.574. The Morgan fingerprint density at radius 1 is 1.62 bits per heavy atom. The Morgan fingerprint density at radius 2 is 2.46 bits per heavy atom. The maximum absolute atomic E-state index is 5.61. The van der Waals surface area contributed by atoms with Crippen LogP contribution in [-0.4, -0.2) is 4.98 Å². The zero-order valence-corrected chi connectivity index (χ0v) is 9.62. The van der Waals surface area contributed by atoms with E-state index in [4.69, 9.17) is 16.0 Å². The molecule has 13 heavy (non-hydrogen) atoms. The molecule has 68 valence electrons. The van der Waals surface area contributed by atoms with Crippen LogP contribution in [0.5, 0.6) is 0 Å². The van der Waals surface area contributed by atoms with Gasteiger partial charge in [0.1, 0.15) is 11.1 Å². The molecule has 0 amide bonds. The minimum atomic E-state index is 0.381. The van der Waals surface area contributed by atoms with Gasteiger partial charge >= 0.3 is 0 Å². The van der Waals surface area contributed by atoms with E-state index in [1.54, 1.807) is 17.6 Å². The average Bonchev–Trinajstić information content (AvgIpc) is 2.71. The third-order valence-corrected chi connectivity index (χ3v) is 3.60. The van der Waals surface area contributed by atoms with Crippen LogP contribution in [0.25, 0.3) is 10.8 Å². The van der Waals surface area contributed by atoms with Gasteiger partial charge in [-0.05, 0) is 27.4 Å². The quantitative estimate of drug-likeness (QED) is 0.779. The van der Waals surface area contributed by atoms with E-state index >= 15 is 0 Å². The zero-order valence-electron chi connectivity index (χ0n) is 6.46. The van der Waals surface area contributed by atoms with E-state index in [0.29, 0.717) is 11.8 Å². The van der Waals surface area contributed by atoms with Crippen LogP contribution < -0.4 is 0 Å². The highest BCUT2D eigenvalue weighted by atomic mass is 79.9. The van der Waals surface area contributed by atoms with Crippen molar-refractivity contribution in [2.75, 3.05) is 0 Å². The van der Waals surface area contributed by atoms with E-state index in [-0.39, 0.29) is 0 Å². The Hall–Kier alpha value is -0.320. The van der Waals surface area contributed by atoms with Gasteiger partial charge in [0, 0.05) is 4.47 Å². The van der Waals surface area contributed by atoms with Crippen LogP contribution in [0.4, 0.5) is 0 Å². The molecule has 0 bridgehead atoms. The van der Waals surface area contributed by atoms with Crippen molar-refractivity contribution in [1.29, 1.82) is 0 Å². The first kappa shape index (κ1) is 9.24. The van der Waals surface area contributed by atoms with Crippen LogP contribution in [0.3, 0.4) is 0 Å². The van der Waals surface area contributed by atoms with Gasteiger partial charge in [-0.3, -0.25) is 0 Å². The van der Waals surface area contributed by atoms with E-state index in [1.807, 2.05) is 11.4 Å². The van der Waals surface area contributed by atoms with Crippen LogP contribution in [0.1, 0.15) is 5.69 Å². The molecule has 0 radical (unpaired) electrons. The Labute approximate surface area is 92.7 Å². The molecule has 0 aliphatic carbocycles. The Kier molecular flexibility index (Phi) is 2.71. The Balaban J connectivity index is 2.41. The van der Waals surface area contributed by atoms with Crippen LogP contribution in [-0.2, 0) is 5.88 Å². The van der Waals surface area contributed by atoms with Crippen molar-refractivity contribution in [3.8, 4) is 10.8 Å². The highest BCUT2D eigenvalue weighted by Crippen LogP contribution is 2.32. The highest BCUT2D eigenvalue weighted by molar-refractivity contribution is 9.10. The van der Waals surface area contributed by atoms with Gasteiger partial charge in [0.2, 0.25) is 5.89 Å². The number of oxazole rings is 1.